The topological polar surface area (TPSA) is 96.0 Å². The minimum absolute atomic E-state index is 0.0323. The van der Waals surface area contributed by atoms with Crippen LogP contribution >= 0.6 is 11.6 Å². The van der Waals surface area contributed by atoms with Gasteiger partial charge in [0, 0.05) is 18.6 Å². The van der Waals surface area contributed by atoms with Crippen molar-refractivity contribution in [3.05, 3.63) is 88.9 Å². The van der Waals surface area contributed by atoms with Crippen molar-refractivity contribution < 1.29 is 22.7 Å². The molecule has 10 heteroatoms. The Hall–Kier alpha value is -3.56. The molecule has 0 aliphatic rings. The highest BCUT2D eigenvalue weighted by molar-refractivity contribution is 7.92. The van der Waals surface area contributed by atoms with Gasteiger partial charge in [0.1, 0.15) is 18.3 Å². The second-order valence-electron chi connectivity index (χ2n) is 8.67. The van der Waals surface area contributed by atoms with Crippen LogP contribution in [0.3, 0.4) is 0 Å². The van der Waals surface area contributed by atoms with Crippen molar-refractivity contribution in [1.82, 2.24) is 10.2 Å². The average molecular weight is 558 g/mol. The lowest BCUT2D eigenvalue weighted by molar-refractivity contribution is -0.140. The van der Waals surface area contributed by atoms with E-state index in [-0.39, 0.29) is 23.0 Å². The molecule has 8 nitrogen and oxygen atoms in total. The van der Waals surface area contributed by atoms with Gasteiger partial charge in [-0.3, -0.25) is 13.9 Å². The predicted octanol–water partition coefficient (Wildman–Crippen LogP) is 4.41. The van der Waals surface area contributed by atoms with Gasteiger partial charge in [-0.1, -0.05) is 54.9 Å². The van der Waals surface area contributed by atoms with Crippen molar-refractivity contribution in [3.63, 3.8) is 0 Å². The number of carbonyl (C=O) groups excluding carboxylic acids is 2. The monoisotopic (exact) mass is 557 g/mol. The molecule has 0 aliphatic carbocycles. The summed E-state index contributed by atoms with van der Waals surface area (Å²) in [6.45, 7) is 3.09. The average Bonchev–Trinajstić information content (AvgIpc) is 2.93. The molecule has 0 bridgehead atoms. The van der Waals surface area contributed by atoms with Crippen LogP contribution in [0.25, 0.3) is 0 Å². The fourth-order valence-corrected chi connectivity index (χ4v) is 5.80. The van der Waals surface area contributed by atoms with Crippen molar-refractivity contribution in [1.29, 1.82) is 0 Å². The van der Waals surface area contributed by atoms with Crippen LogP contribution in [0.2, 0.25) is 5.02 Å². The van der Waals surface area contributed by atoms with Crippen molar-refractivity contribution in [3.8, 4) is 5.75 Å². The van der Waals surface area contributed by atoms with Crippen LogP contribution in [0.5, 0.6) is 5.75 Å². The molecule has 0 aromatic heterocycles. The fraction of sp³-hybridized carbons (Fsp3) is 0.286. The SMILES string of the molecule is CC[C@H](C(=O)NC)N(Cc1cccc(OC)c1)C(=O)CN(c1cc(Cl)ccc1C)S(=O)(=O)c1ccccc1. The van der Waals surface area contributed by atoms with E-state index in [1.807, 2.05) is 6.07 Å². The summed E-state index contributed by atoms with van der Waals surface area (Å²) in [5.74, 6) is -0.284. The molecule has 1 N–H and O–H groups in total. The van der Waals surface area contributed by atoms with Crippen LogP contribution in [0.4, 0.5) is 5.69 Å². The summed E-state index contributed by atoms with van der Waals surface area (Å²) >= 11 is 6.24. The molecule has 0 unspecified atom stereocenters. The summed E-state index contributed by atoms with van der Waals surface area (Å²) < 4.78 is 34.1. The lowest BCUT2D eigenvalue weighted by Crippen LogP contribution is -2.51. The second-order valence-corrected chi connectivity index (χ2v) is 11.0. The first-order valence-corrected chi connectivity index (χ1v) is 13.9. The molecule has 0 saturated heterocycles. The van der Waals surface area contributed by atoms with E-state index in [0.717, 1.165) is 9.87 Å². The first kappa shape index (κ1) is 29.0. The van der Waals surface area contributed by atoms with E-state index in [1.165, 1.54) is 30.1 Å². The Kier molecular flexibility index (Phi) is 9.77. The van der Waals surface area contributed by atoms with E-state index >= 15 is 0 Å². The van der Waals surface area contributed by atoms with Gasteiger partial charge < -0.3 is 15.0 Å². The largest absolute Gasteiger partial charge is 0.497 e. The molecule has 38 heavy (non-hydrogen) atoms. The molecule has 0 heterocycles. The number of anilines is 1. The number of ether oxygens (including phenoxy) is 1. The number of rotatable bonds is 11. The molecule has 3 aromatic carbocycles. The van der Waals surface area contributed by atoms with E-state index < -0.39 is 28.5 Å². The number of amides is 2. The maximum absolute atomic E-state index is 14.0. The minimum atomic E-state index is -4.16. The van der Waals surface area contributed by atoms with Crippen LogP contribution in [0.15, 0.2) is 77.7 Å². The van der Waals surface area contributed by atoms with Gasteiger partial charge >= 0.3 is 0 Å². The molecule has 3 aromatic rings. The Balaban J connectivity index is 2.09. The lowest BCUT2D eigenvalue weighted by Gasteiger charge is -2.33. The maximum atomic E-state index is 14.0. The third-order valence-electron chi connectivity index (χ3n) is 6.17. The van der Waals surface area contributed by atoms with Gasteiger partial charge in [0.15, 0.2) is 0 Å². The zero-order chi connectivity index (χ0) is 27.9. The molecule has 2 amide bonds. The van der Waals surface area contributed by atoms with Gasteiger partial charge in [-0.05, 0) is 60.9 Å². The standard InChI is InChI=1S/C28H32ClN3O5S/c1-5-25(28(34)30-3)31(18-21-10-9-11-23(16-21)37-4)27(33)19-32(26-17-22(29)15-14-20(26)2)38(35,36)24-12-7-6-8-13-24/h6-17,25H,5,18-19H2,1-4H3,(H,30,34)/t25-/m1/s1. The molecule has 202 valence electrons. The van der Waals surface area contributed by atoms with Gasteiger partial charge in [-0.25, -0.2) is 8.42 Å². The first-order valence-electron chi connectivity index (χ1n) is 12.1. The highest BCUT2D eigenvalue weighted by atomic mass is 35.5. The van der Waals surface area contributed by atoms with E-state index in [2.05, 4.69) is 5.32 Å². The zero-order valence-electron chi connectivity index (χ0n) is 21.8. The molecular weight excluding hydrogens is 526 g/mol. The number of carbonyl (C=O) groups is 2. The van der Waals surface area contributed by atoms with Crippen LogP contribution < -0.4 is 14.4 Å². The van der Waals surface area contributed by atoms with Crippen LogP contribution in [-0.2, 0) is 26.2 Å². The Bertz CT molecular complexity index is 1380. The summed E-state index contributed by atoms with van der Waals surface area (Å²) in [7, 11) is -1.11. The number of benzene rings is 3. The lowest BCUT2D eigenvalue weighted by atomic mass is 10.1. The molecule has 0 spiro atoms. The summed E-state index contributed by atoms with van der Waals surface area (Å²) in [6.07, 6.45) is 0.330. The molecule has 0 radical (unpaired) electrons. The number of hydrogen-bond acceptors (Lipinski definition) is 5. The Morgan fingerprint density at radius 1 is 1.03 bits per heavy atom. The number of nitrogens with zero attached hydrogens (tertiary/aromatic N) is 2. The predicted molar refractivity (Wildman–Crippen MR) is 149 cm³/mol. The van der Waals surface area contributed by atoms with Crippen molar-refractivity contribution in [2.24, 2.45) is 0 Å². The van der Waals surface area contributed by atoms with Gasteiger partial charge in [0.25, 0.3) is 10.0 Å². The van der Waals surface area contributed by atoms with Crippen molar-refractivity contribution >= 4 is 39.1 Å². The second kappa shape index (κ2) is 12.8. The Morgan fingerprint density at radius 3 is 2.37 bits per heavy atom. The number of sulfonamides is 1. The molecule has 1 atom stereocenters. The third-order valence-corrected chi connectivity index (χ3v) is 8.18. The number of hydrogen-bond donors (Lipinski definition) is 1. The fourth-order valence-electron chi connectivity index (χ4n) is 4.14. The number of likely N-dealkylation sites (N-methyl/N-ethyl adjacent to an activating group) is 1. The first-order chi connectivity index (χ1) is 18.1. The summed E-state index contributed by atoms with van der Waals surface area (Å²) in [5.41, 5.74) is 1.64. The van der Waals surface area contributed by atoms with Crippen molar-refractivity contribution in [2.75, 3.05) is 25.0 Å². The molecule has 0 saturated carbocycles. The van der Waals surface area contributed by atoms with Crippen LogP contribution in [0.1, 0.15) is 24.5 Å². The highest BCUT2D eigenvalue weighted by Gasteiger charge is 2.34. The van der Waals surface area contributed by atoms with Crippen LogP contribution in [0, 0.1) is 6.92 Å². The molecular formula is C28H32ClN3O5S. The van der Waals surface area contributed by atoms with Gasteiger partial charge in [0.2, 0.25) is 11.8 Å². The Morgan fingerprint density at radius 2 is 1.74 bits per heavy atom. The van der Waals surface area contributed by atoms with Crippen LogP contribution in [-0.4, -0.2) is 51.9 Å². The zero-order valence-corrected chi connectivity index (χ0v) is 23.4. The number of aryl methyl sites for hydroxylation is 1. The molecule has 3 rings (SSSR count). The third kappa shape index (κ3) is 6.65. The number of methoxy groups -OCH3 is 1. The van der Waals surface area contributed by atoms with E-state index in [0.29, 0.717) is 22.8 Å². The van der Waals surface area contributed by atoms with E-state index in [9.17, 15) is 18.0 Å². The number of nitrogens with one attached hydrogen (secondary N) is 1. The summed E-state index contributed by atoms with van der Waals surface area (Å²) in [5, 5.41) is 2.94. The van der Waals surface area contributed by atoms with Gasteiger partial charge in [-0.15, -0.1) is 0 Å². The van der Waals surface area contributed by atoms with E-state index in [1.54, 1.807) is 69.5 Å². The van der Waals surface area contributed by atoms with Gasteiger partial charge in [0.05, 0.1) is 17.7 Å². The smallest absolute Gasteiger partial charge is 0.264 e. The van der Waals surface area contributed by atoms with Crippen molar-refractivity contribution in [2.45, 2.75) is 37.8 Å². The molecule has 0 aliphatic heterocycles. The van der Waals surface area contributed by atoms with E-state index in [4.69, 9.17) is 16.3 Å². The molecule has 0 fully saturated rings. The maximum Gasteiger partial charge on any atom is 0.264 e. The minimum Gasteiger partial charge on any atom is -0.497 e. The summed E-state index contributed by atoms with van der Waals surface area (Å²) in [4.78, 5) is 28.2. The Labute approximate surface area is 229 Å². The number of halogens is 1. The highest BCUT2D eigenvalue weighted by Crippen LogP contribution is 2.30. The summed E-state index contributed by atoms with van der Waals surface area (Å²) in [6, 6.07) is 19.1. The van der Waals surface area contributed by atoms with Gasteiger partial charge in [-0.2, -0.15) is 0 Å². The normalized spacial score (nSPS) is 11.9. The quantitative estimate of drug-likeness (QED) is 0.377.